The second-order valence-corrected chi connectivity index (χ2v) is 8.39. The van der Waals surface area contributed by atoms with Crippen molar-refractivity contribution in [3.8, 4) is 11.5 Å². The summed E-state index contributed by atoms with van der Waals surface area (Å²) in [4.78, 5) is 7.88. The van der Waals surface area contributed by atoms with Crippen LogP contribution in [0.15, 0.2) is 59.1 Å². The lowest BCUT2D eigenvalue weighted by molar-refractivity contribution is 0.264. The van der Waals surface area contributed by atoms with Crippen LogP contribution >= 0.6 is 27.5 Å². The molecule has 1 heterocycles. The Labute approximate surface area is 199 Å². The molecule has 32 heavy (non-hydrogen) atoms. The Balaban J connectivity index is 1.45. The van der Waals surface area contributed by atoms with Gasteiger partial charge in [0.25, 0.3) is 0 Å². The minimum Gasteiger partial charge on any atom is -0.490 e. The molecule has 0 radical (unpaired) electrons. The Hall–Kier alpha value is -2.61. The van der Waals surface area contributed by atoms with E-state index in [1.54, 1.807) is 12.1 Å². The molecule has 0 aliphatic carbocycles. The van der Waals surface area contributed by atoms with Crippen molar-refractivity contribution in [1.82, 2.24) is 15.3 Å². The Morgan fingerprint density at radius 2 is 1.94 bits per heavy atom. The summed E-state index contributed by atoms with van der Waals surface area (Å²) in [5.74, 6) is 1.55. The van der Waals surface area contributed by atoms with Crippen LogP contribution in [0, 0.1) is 5.82 Å². The van der Waals surface area contributed by atoms with Crippen LogP contribution in [0.25, 0.3) is 11.0 Å². The van der Waals surface area contributed by atoms with Gasteiger partial charge in [-0.05, 0) is 64.8 Å². The molecule has 0 saturated carbocycles. The number of nitrogens with zero attached hydrogens (tertiary/aromatic N) is 1. The van der Waals surface area contributed by atoms with Gasteiger partial charge in [0.05, 0.1) is 33.7 Å². The third kappa shape index (κ3) is 5.23. The van der Waals surface area contributed by atoms with E-state index < -0.39 is 5.82 Å². The summed E-state index contributed by atoms with van der Waals surface area (Å²) in [7, 11) is 0. The zero-order valence-electron chi connectivity index (χ0n) is 17.4. The number of halogens is 3. The number of nitrogens with one attached hydrogen (secondary N) is 2. The first-order valence-corrected chi connectivity index (χ1v) is 11.4. The number of hydrogen-bond donors (Lipinski definition) is 2. The molecule has 4 rings (SSSR count). The minimum absolute atomic E-state index is 0.00612. The van der Waals surface area contributed by atoms with Crippen LogP contribution in [0.5, 0.6) is 11.5 Å². The molecule has 0 amide bonds. The highest BCUT2D eigenvalue weighted by molar-refractivity contribution is 9.10. The third-order valence-electron chi connectivity index (χ3n) is 4.85. The van der Waals surface area contributed by atoms with Crippen molar-refractivity contribution >= 4 is 38.6 Å². The van der Waals surface area contributed by atoms with Crippen LogP contribution < -0.4 is 14.8 Å². The number of H-pyrrole nitrogens is 1. The van der Waals surface area contributed by atoms with Gasteiger partial charge in [0.1, 0.15) is 18.2 Å². The smallest absolute Gasteiger partial charge is 0.175 e. The van der Waals surface area contributed by atoms with E-state index in [-0.39, 0.29) is 6.61 Å². The maximum Gasteiger partial charge on any atom is 0.175 e. The van der Waals surface area contributed by atoms with Crippen LogP contribution in [0.3, 0.4) is 0 Å². The van der Waals surface area contributed by atoms with Crippen LogP contribution in [0.2, 0.25) is 5.02 Å². The van der Waals surface area contributed by atoms with E-state index in [0.29, 0.717) is 41.8 Å². The lowest BCUT2D eigenvalue weighted by Crippen LogP contribution is -2.14. The fourth-order valence-corrected chi connectivity index (χ4v) is 4.18. The summed E-state index contributed by atoms with van der Waals surface area (Å²) in [6.45, 7) is 3.57. The van der Waals surface area contributed by atoms with Gasteiger partial charge in [-0.25, -0.2) is 9.37 Å². The monoisotopic (exact) mass is 517 g/mol. The van der Waals surface area contributed by atoms with Gasteiger partial charge in [-0.2, -0.15) is 0 Å². The second-order valence-electron chi connectivity index (χ2n) is 7.13. The first-order chi connectivity index (χ1) is 15.5. The zero-order valence-corrected chi connectivity index (χ0v) is 19.8. The van der Waals surface area contributed by atoms with Crippen LogP contribution in [0.1, 0.15) is 23.9 Å². The number of aromatic nitrogens is 2. The van der Waals surface area contributed by atoms with E-state index in [4.69, 9.17) is 21.1 Å². The molecule has 3 aromatic carbocycles. The molecule has 1 aromatic heterocycles. The number of benzene rings is 3. The molecule has 0 aliphatic rings. The van der Waals surface area contributed by atoms with Crippen molar-refractivity contribution in [2.45, 2.75) is 26.6 Å². The Morgan fingerprint density at radius 1 is 1.09 bits per heavy atom. The van der Waals surface area contributed by atoms with Gasteiger partial charge in [-0.15, -0.1) is 0 Å². The molecular weight excluding hydrogens is 497 g/mol. The number of hydrogen-bond acceptors (Lipinski definition) is 4. The van der Waals surface area contributed by atoms with Gasteiger partial charge in [-0.3, -0.25) is 0 Å². The first-order valence-electron chi connectivity index (χ1n) is 10.2. The average Bonchev–Trinajstić information content (AvgIpc) is 3.18. The normalized spacial score (nSPS) is 11.1. The number of ether oxygens (including phenoxy) is 2. The number of para-hydroxylation sites is 2. The summed E-state index contributed by atoms with van der Waals surface area (Å²) in [5, 5.41) is 3.71. The summed E-state index contributed by atoms with van der Waals surface area (Å²) in [6, 6.07) is 16.4. The molecule has 2 N–H and O–H groups in total. The third-order valence-corrected chi connectivity index (χ3v) is 5.79. The molecule has 0 spiro atoms. The Morgan fingerprint density at radius 3 is 2.72 bits per heavy atom. The van der Waals surface area contributed by atoms with Crippen LogP contribution in [-0.2, 0) is 19.7 Å². The van der Waals surface area contributed by atoms with Gasteiger partial charge in [-0.1, -0.05) is 29.8 Å². The molecule has 0 fully saturated rings. The summed E-state index contributed by atoms with van der Waals surface area (Å²) in [5.41, 5.74) is 3.28. The van der Waals surface area contributed by atoms with Gasteiger partial charge in [0, 0.05) is 12.1 Å². The minimum atomic E-state index is -0.405. The highest BCUT2D eigenvalue weighted by Gasteiger charge is 2.15. The fourth-order valence-electron chi connectivity index (χ4n) is 3.36. The molecular formula is C24H22BrClFN3O2. The van der Waals surface area contributed by atoms with Crippen molar-refractivity contribution < 1.29 is 13.9 Å². The molecule has 0 atom stereocenters. The summed E-state index contributed by atoms with van der Waals surface area (Å²) in [6.07, 6.45) is 0. The number of aromatic amines is 1. The van der Waals surface area contributed by atoms with Crippen molar-refractivity contribution in [3.05, 3.63) is 86.9 Å². The quantitative estimate of drug-likeness (QED) is 0.270. The Kier molecular flexibility index (Phi) is 7.29. The SMILES string of the molecule is CCOc1cc(CNCc2nc3ccccc3[nH]2)cc(Br)c1OCc1c(F)cccc1Cl. The number of imidazole rings is 1. The predicted octanol–water partition coefficient (Wildman–Crippen LogP) is 6.39. The van der Waals surface area contributed by atoms with E-state index in [1.165, 1.54) is 6.07 Å². The van der Waals surface area contributed by atoms with Gasteiger partial charge >= 0.3 is 0 Å². The largest absolute Gasteiger partial charge is 0.490 e. The highest BCUT2D eigenvalue weighted by Crippen LogP contribution is 2.38. The topological polar surface area (TPSA) is 59.2 Å². The van der Waals surface area contributed by atoms with Crippen molar-refractivity contribution in [3.63, 3.8) is 0 Å². The van der Waals surface area contributed by atoms with Crippen LogP contribution in [-0.4, -0.2) is 16.6 Å². The lowest BCUT2D eigenvalue weighted by atomic mass is 10.2. The maximum absolute atomic E-state index is 14.1. The second kappa shape index (κ2) is 10.3. The van der Waals surface area contributed by atoms with Crippen molar-refractivity contribution in [2.24, 2.45) is 0 Å². The fraction of sp³-hybridized carbons (Fsp3) is 0.208. The lowest BCUT2D eigenvalue weighted by Gasteiger charge is -2.16. The zero-order chi connectivity index (χ0) is 22.5. The van der Waals surface area contributed by atoms with Crippen LogP contribution in [0.4, 0.5) is 4.39 Å². The summed E-state index contributed by atoms with van der Waals surface area (Å²) >= 11 is 9.68. The van der Waals surface area contributed by atoms with Gasteiger partial charge < -0.3 is 19.8 Å². The van der Waals surface area contributed by atoms with Gasteiger partial charge in [0.15, 0.2) is 11.5 Å². The first kappa shape index (κ1) is 22.6. The number of rotatable bonds is 9. The molecule has 0 saturated heterocycles. The standard InChI is InChI=1S/C24H22BrClFN3O2/c1-2-31-22-11-15(12-28-13-23-29-20-8-3-4-9-21(20)30-23)10-17(25)24(22)32-14-16-18(26)6-5-7-19(16)27/h3-11,28H,2,12-14H2,1H3,(H,29,30). The van der Waals surface area contributed by atoms with E-state index >= 15 is 0 Å². The Bertz CT molecular complexity index is 1180. The molecule has 0 unspecified atom stereocenters. The van der Waals surface area contributed by atoms with E-state index in [1.807, 2.05) is 43.3 Å². The van der Waals surface area contributed by atoms with Crippen molar-refractivity contribution in [2.75, 3.05) is 6.61 Å². The average molecular weight is 519 g/mol. The van der Waals surface area contributed by atoms with Crippen molar-refractivity contribution in [1.29, 1.82) is 0 Å². The molecule has 0 bridgehead atoms. The molecule has 0 aliphatic heterocycles. The van der Waals surface area contributed by atoms with E-state index in [9.17, 15) is 4.39 Å². The molecule has 166 valence electrons. The number of fused-ring (bicyclic) bond motifs is 1. The van der Waals surface area contributed by atoms with E-state index in [2.05, 4.69) is 31.2 Å². The highest BCUT2D eigenvalue weighted by atomic mass is 79.9. The molecule has 5 nitrogen and oxygen atoms in total. The van der Waals surface area contributed by atoms with E-state index in [0.717, 1.165) is 26.9 Å². The molecule has 8 heteroatoms. The predicted molar refractivity (Wildman–Crippen MR) is 128 cm³/mol. The summed E-state index contributed by atoms with van der Waals surface area (Å²) < 4.78 is 26.5. The molecule has 4 aromatic rings. The van der Waals surface area contributed by atoms with Gasteiger partial charge in [0.2, 0.25) is 0 Å². The maximum atomic E-state index is 14.1.